The van der Waals surface area contributed by atoms with Crippen LogP contribution in [-0.4, -0.2) is 48.6 Å². The lowest BCUT2D eigenvalue weighted by Gasteiger charge is -2.17. The fraction of sp³-hybridized carbons (Fsp3) is 0.409. The molecule has 2 heterocycles. The molecule has 0 aromatic heterocycles. The maximum absolute atomic E-state index is 12.6. The van der Waals surface area contributed by atoms with Crippen molar-refractivity contribution >= 4 is 5.91 Å². The molecular formula is C22H25NO4. The van der Waals surface area contributed by atoms with Gasteiger partial charge in [0.15, 0.2) is 0 Å². The number of aliphatic hydroxyl groups excluding tert-OH is 1. The molecule has 2 fully saturated rings. The van der Waals surface area contributed by atoms with Gasteiger partial charge in [0.05, 0.1) is 19.3 Å². The Balaban J connectivity index is 1.40. The number of hydrogen-bond donors (Lipinski definition) is 2. The van der Waals surface area contributed by atoms with E-state index in [-0.39, 0.29) is 30.8 Å². The van der Waals surface area contributed by atoms with Crippen LogP contribution in [0, 0.1) is 0 Å². The van der Waals surface area contributed by atoms with Crippen molar-refractivity contribution < 1.29 is 19.4 Å². The van der Waals surface area contributed by atoms with E-state index < -0.39 is 6.10 Å². The van der Waals surface area contributed by atoms with Crippen LogP contribution in [0.2, 0.25) is 0 Å². The third-order valence-corrected chi connectivity index (χ3v) is 5.32. The Morgan fingerprint density at radius 1 is 1.00 bits per heavy atom. The summed E-state index contributed by atoms with van der Waals surface area (Å²) in [7, 11) is 0. The maximum Gasteiger partial charge on any atom is 0.251 e. The van der Waals surface area contributed by atoms with E-state index >= 15 is 0 Å². The Labute approximate surface area is 159 Å². The third-order valence-electron chi connectivity index (χ3n) is 5.32. The molecular weight excluding hydrogens is 342 g/mol. The molecule has 0 bridgehead atoms. The van der Waals surface area contributed by atoms with Gasteiger partial charge in [-0.15, -0.1) is 0 Å². The van der Waals surface area contributed by atoms with Crippen LogP contribution >= 0.6 is 0 Å². The summed E-state index contributed by atoms with van der Waals surface area (Å²) < 4.78 is 11.1. The predicted molar refractivity (Wildman–Crippen MR) is 103 cm³/mol. The second-order valence-electron chi connectivity index (χ2n) is 7.27. The summed E-state index contributed by atoms with van der Waals surface area (Å²) in [6.45, 7) is 2.80. The first-order chi connectivity index (χ1) is 13.2. The fourth-order valence-corrected chi connectivity index (χ4v) is 3.82. The fourth-order valence-electron chi connectivity index (χ4n) is 3.82. The summed E-state index contributed by atoms with van der Waals surface area (Å²) in [6, 6.07) is 15.9. The highest BCUT2D eigenvalue weighted by Crippen LogP contribution is 2.27. The molecule has 0 spiro atoms. The Morgan fingerprint density at radius 2 is 1.63 bits per heavy atom. The van der Waals surface area contributed by atoms with Gasteiger partial charge in [-0.3, -0.25) is 4.79 Å². The molecule has 0 unspecified atom stereocenters. The van der Waals surface area contributed by atoms with E-state index in [4.69, 9.17) is 9.47 Å². The molecule has 2 N–H and O–H groups in total. The maximum atomic E-state index is 12.6. The number of nitrogens with one attached hydrogen (secondary N) is 1. The lowest BCUT2D eigenvalue weighted by atomic mass is 10.0. The van der Waals surface area contributed by atoms with Crippen LogP contribution < -0.4 is 5.32 Å². The summed E-state index contributed by atoms with van der Waals surface area (Å²) >= 11 is 0. The topological polar surface area (TPSA) is 67.8 Å². The molecule has 5 nitrogen and oxygen atoms in total. The number of aryl methyl sites for hydroxylation is 1. The number of carbonyl (C=O) groups excluding carboxylic acids is 1. The minimum absolute atomic E-state index is 0.154. The summed E-state index contributed by atoms with van der Waals surface area (Å²) in [5.41, 5.74) is 4.17. The standard InChI is InChI=1S/C22H25NO4/c1-2-3-14-4-6-15(7-5-14)16-8-10-17(11-9-16)22(25)23-18-12-26-21-19(24)13-27-20(18)21/h4-11,18-21,24H,2-3,12-13H2,1H3,(H,23,25)/t18-,19+,20+,21+/m0/s1. The minimum Gasteiger partial charge on any atom is -0.388 e. The molecule has 2 aliphatic rings. The number of rotatable bonds is 5. The van der Waals surface area contributed by atoms with E-state index in [1.807, 2.05) is 24.3 Å². The van der Waals surface area contributed by atoms with Gasteiger partial charge in [0, 0.05) is 5.56 Å². The first-order valence-electron chi connectivity index (χ1n) is 9.57. The highest BCUT2D eigenvalue weighted by atomic mass is 16.6. The highest BCUT2D eigenvalue weighted by Gasteiger charge is 2.47. The van der Waals surface area contributed by atoms with Crippen molar-refractivity contribution in [2.45, 2.75) is 44.1 Å². The molecule has 2 aliphatic heterocycles. The van der Waals surface area contributed by atoms with Gasteiger partial charge in [-0.2, -0.15) is 0 Å². The Hall–Kier alpha value is -2.21. The molecule has 1 amide bonds. The molecule has 4 atom stereocenters. The van der Waals surface area contributed by atoms with Gasteiger partial charge in [0.25, 0.3) is 5.91 Å². The van der Waals surface area contributed by atoms with Gasteiger partial charge in [-0.1, -0.05) is 49.7 Å². The molecule has 2 aromatic rings. The van der Waals surface area contributed by atoms with E-state index in [0.29, 0.717) is 12.2 Å². The van der Waals surface area contributed by atoms with Crippen LogP contribution in [0.1, 0.15) is 29.3 Å². The molecule has 5 heteroatoms. The molecule has 0 radical (unpaired) electrons. The lowest BCUT2D eigenvalue weighted by Crippen LogP contribution is -2.44. The van der Waals surface area contributed by atoms with Crippen molar-refractivity contribution in [1.29, 1.82) is 0 Å². The number of amides is 1. The van der Waals surface area contributed by atoms with Crippen LogP contribution in [0.5, 0.6) is 0 Å². The second-order valence-corrected chi connectivity index (χ2v) is 7.27. The zero-order chi connectivity index (χ0) is 18.8. The van der Waals surface area contributed by atoms with Crippen molar-refractivity contribution in [2.24, 2.45) is 0 Å². The average molecular weight is 367 g/mol. The van der Waals surface area contributed by atoms with Crippen LogP contribution in [0.15, 0.2) is 48.5 Å². The normalized spacial score (nSPS) is 26.7. The van der Waals surface area contributed by atoms with Crippen LogP contribution in [0.3, 0.4) is 0 Å². The molecule has 2 saturated heterocycles. The molecule has 142 valence electrons. The van der Waals surface area contributed by atoms with Gasteiger partial charge < -0.3 is 19.9 Å². The number of carbonyl (C=O) groups is 1. The summed E-state index contributed by atoms with van der Waals surface area (Å²) in [5.74, 6) is -0.154. The van der Waals surface area contributed by atoms with Crippen molar-refractivity contribution in [2.75, 3.05) is 13.2 Å². The van der Waals surface area contributed by atoms with Crippen molar-refractivity contribution in [3.05, 3.63) is 59.7 Å². The number of hydrogen-bond acceptors (Lipinski definition) is 4. The quantitative estimate of drug-likeness (QED) is 0.852. The number of aliphatic hydroxyl groups is 1. The van der Waals surface area contributed by atoms with Crippen LogP contribution in [0.4, 0.5) is 0 Å². The summed E-state index contributed by atoms with van der Waals surface area (Å²) in [6.07, 6.45) is 1.01. The van der Waals surface area contributed by atoms with E-state index in [0.717, 1.165) is 24.0 Å². The molecule has 0 saturated carbocycles. The van der Waals surface area contributed by atoms with Crippen LogP contribution in [-0.2, 0) is 15.9 Å². The van der Waals surface area contributed by atoms with E-state index in [9.17, 15) is 9.90 Å². The first-order valence-corrected chi connectivity index (χ1v) is 9.57. The first kappa shape index (κ1) is 18.2. The molecule has 4 rings (SSSR count). The van der Waals surface area contributed by atoms with E-state index in [1.54, 1.807) is 0 Å². The molecule has 0 aliphatic carbocycles. The monoisotopic (exact) mass is 367 g/mol. The molecule has 27 heavy (non-hydrogen) atoms. The predicted octanol–water partition coefficient (Wildman–Crippen LogP) is 2.56. The van der Waals surface area contributed by atoms with E-state index in [1.165, 1.54) is 5.56 Å². The Kier molecular flexibility index (Phi) is 5.25. The zero-order valence-corrected chi connectivity index (χ0v) is 15.4. The van der Waals surface area contributed by atoms with Crippen molar-refractivity contribution in [3.63, 3.8) is 0 Å². The minimum atomic E-state index is -0.611. The van der Waals surface area contributed by atoms with Crippen molar-refractivity contribution in [1.82, 2.24) is 5.32 Å². The number of ether oxygens (including phenoxy) is 2. The highest BCUT2D eigenvalue weighted by molar-refractivity contribution is 5.95. The van der Waals surface area contributed by atoms with Gasteiger partial charge in [0.2, 0.25) is 0 Å². The molecule has 2 aromatic carbocycles. The van der Waals surface area contributed by atoms with Gasteiger partial charge in [-0.25, -0.2) is 0 Å². The van der Waals surface area contributed by atoms with Gasteiger partial charge in [-0.05, 0) is 35.2 Å². The summed E-state index contributed by atoms with van der Waals surface area (Å²) in [5, 5.41) is 12.8. The zero-order valence-electron chi connectivity index (χ0n) is 15.4. The smallest absolute Gasteiger partial charge is 0.251 e. The Morgan fingerprint density at radius 3 is 2.30 bits per heavy atom. The third kappa shape index (κ3) is 3.76. The van der Waals surface area contributed by atoms with Gasteiger partial charge >= 0.3 is 0 Å². The summed E-state index contributed by atoms with van der Waals surface area (Å²) in [4.78, 5) is 12.6. The number of fused-ring (bicyclic) bond motifs is 1. The van der Waals surface area contributed by atoms with E-state index in [2.05, 4.69) is 36.5 Å². The number of benzene rings is 2. The Bertz CT molecular complexity index is 787. The average Bonchev–Trinajstić information content (AvgIpc) is 3.26. The largest absolute Gasteiger partial charge is 0.388 e. The lowest BCUT2D eigenvalue weighted by molar-refractivity contribution is 0.0178. The van der Waals surface area contributed by atoms with Crippen molar-refractivity contribution in [3.8, 4) is 11.1 Å². The second kappa shape index (κ2) is 7.80. The van der Waals surface area contributed by atoms with Crippen LogP contribution in [0.25, 0.3) is 11.1 Å². The van der Waals surface area contributed by atoms with Gasteiger partial charge in [0.1, 0.15) is 18.3 Å². The SMILES string of the molecule is CCCc1ccc(-c2ccc(C(=O)N[C@H]3CO[C@H]4[C@@H]3OC[C@H]4O)cc2)cc1.